The number of thioether (sulfide) groups is 1. The largest absolute Gasteiger partial charge is 0.356 e. The quantitative estimate of drug-likeness (QED) is 0.471. The Morgan fingerprint density at radius 2 is 1.80 bits per heavy atom. The number of benzene rings is 1. The summed E-state index contributed by atoms with van der Waals surface area (Å²) >= 11 is 12.9. The van der Waals surface area contributed by atoms with Crippen LogP contribution in [0.1, 0.15) is 30.0 Å². The Bertz CT molecular complexity index is 694. The van der Waals surface area contributed by atoms with Gasteiger partial charge in [-0.25, -0.2) is 4.98 Å². The average molecular weight is 402 g/mol. The van der Waals surface area contributed by atoms with Gasteiger partial charge in [-0.05, 0) is 42.1 Å². The molecule has 0 atom stereocenters. The molecule has 0 aliphatic carbocycles. The van der Waals surface area contributed by atoms with Crippen molar-refractivity contribution < 1.29 is 14.3 Å². The Kier molecular flexibility index (Phi) is 10.1. The number of methoxy groups -OCH3 is 2. The average Bonchev–Trinajstić information content (AvgIpc) is 2.64. The lowest BCUT2D eigenvalue weighted by molar-refractivity contribution is -0.101. The molecule has 2 rings (SSSR count). The van der Waals surface area contributed by atoms with Gasteiger partial charge < -0.3 is 9.47 Å². The van der Waals surface area contributed by atoms with Crippen LogP contribution in [0.25, 0.3) is 0 Å². The number of carbonyl (C=O) groups is 1. The van der Waals surface area contributed by atoms with E-state index in [1.807, 2.05) is 19.9 Å². The zero-order valence-corrected chi connectivity index (χ0v) is 16.9. The third-order valence-electron chi connectivity index (χ3n) is 3.02. The molecule has 0 aliphatic heterocycles. The third kappa shape index (κ3) is 6.96. The molecule has 0 radical (unpaired) electrons. The monoisotopic (exact) mass is 401 g/mol. The summed E-state index contributed by atoms with van der Waals surface area (Å²) in [5.41, 5.74) is 1.09. The Morgan fingerprint density at radius 1 is 1.12 bits per heavy atom. The van der Waals surface area contributed by atoms with Crippen LogP contribution in [0.4, 0.5) is 0 Å². The fraction of sp³-hybridized carbons (Fsp3) is 0.333. The Morgan fingerprint density at radius 3 is 2.40 bits per heavy atom. The standard InChI is InChI=1S/C16H15Cl2NO3S.C2H6/c1-21-15(22-2)8-10-4-3-5-14(19-10)16(20)23-11-6-7-12(17)13(18)9-11;1-2/h3-7,9,15H,8H2,1-2H3;1-2H3. The lowest BCUT2D eigenvalue weighted by Gasteiger charge is -2.12. The summed E-state index contributed by atoms with van der Waals surface area (Å²) in [5.74, 6) is 0. The molecule has 0 fully saturated rings. The zero-order chi connectivity index (χ0) is 18.8. The van der Waals surface area contributed by atoms with Crippen LogP contribution in [0.3, 0.4) is 0 Å². The number of ether oxygens (including phenoxy) is 2. The van der Waals surface area contributed by atoms with Crippen molar-refractivity contribution in [3.05, 3.63) is 57.8 Å². The number of halogens is 2. The van der Waals surface area contributed by atoms with Crippen molar-refractivity contribution in [1.29, 1.82) is 0 Å². The van der Waals surface area contributed by atoms with Gasteiger partial charge in [-0.1, -0.05) is 43.1 Å². The van der Waals surface area contributed by atoms with E-state index in [-0.39, 0.29) is 5.12 Å². The highest BCUT2D eigenvalue weighted by Gasteiger charge is 2.13. The minimum atomic E-state index is -0.393. The summed E-state index contributed by atoms with van der Waals surface area (Å²) in [4.78, 5) is 17.4. The molecule has 7 heteroatoms. The maximum Gasteiger partial charge on any atom is 0.242 e. The molecule has 0 saturated carbocycles. The lowest BCUT2D eigenvalue weighted by atomic mass is 10.2. The van der Waals surface area contributed by atoms with E-state index < -0.39 is 6.29 Å². The fourth-order valence-corrected chi connectivity index (χ4v) is 2.95. The first-order chi connectivity index (χ1) is 12.0. The molecule has 1 aromatic carbocycles. The van der Waals surface area contributed by atoms with Gasteiger partial charge in [0.05, 0.1) is 10.0 Å². The highest BCUT2D eigenvalue weighted by molar-refractivity contribution is 8.14. The van der Waals surface area contributed by atoms with Crippen LogP contribution in [0.15, 0.2) is 41.3 Å². The number of aromatic nitrogens is 1. The number of pyridine rings is 1. The van der Waals surface area contributed by atoms with Crippen molar-refractivity contribution in [2.24, 2.45) is 0 Å². The first kappa shape index (κ1) is 21.9. The SMILES string of the molecule is CC.COC(Cc1cccc(C(=O)Sc2ccc(Cl)c(Cl)c2)n1)OC. The number of hydrogen-bond donors (Lipinski definition) is 0. The molecule has 2 aromatic rings. The van der Waals surface area contributed by atoms with Gasteiger partial charge >= 0.3 is 0 Å². The van der Waals surface area contributed by atoms with E-state index >= 15 is 0 Å². The molecule has 0 spiro atoms. The highest BCUT2D eigenvalue weighted by atomic mass is 35.5. The molecule has 0 amide bonds. The van der Waals surface area contributed by atoms with Crippen LogP contribution in [-0.4, -0.2) is 30.6 Å². The van der Waals surface area contributed by atoms with Gasteiger partial charge in [0.15, 0.2) is 6.29 Å². The summed E-state index contributed by atoms with van der Waals surface area (Å²) in [7, 11) is 3.12. The van der Waals surface area contributed by atoms with Crippen molar-refractivity contribution in [2.45, 2.75) is 31.5 Å². The molecule has 0 saturated heterocycles. The van der Waals surface area contributed by atoms with Crippen LogP contribution >= 0.6 is 35.0 Å². The second kappa shape index (κ2) is 11.5. The minimum Gasteiger partial charge on any atom is -0.356 e. The predicted molar refractivity (Wildman–Crippen MR) is 104 cm³/mol. The summed E-state index contributed by atoms with van der Waals surface area (Å²) < 4.78 is 10.3. The normalized spacial score (nSPS) is 10.4. The zero-order valence-electron chi connectivity index (χ0n) is 14.6. The molecule has 25 heavy (non-hydrogen) atoms. The van der Waals surface area contributed by atoms with Crippen molar-refractivity contribution in [2.75, 3.05) is 14.2 Å². The second-order valence-corrected chi connectivity index (χ2v) is 6.45. The molecule has 0 aliphatic rings. The van der Waals surface area contributed by atoms with E-state index in [0.29, 0.717) is 27.1 Å². The molecular weight excluding hydrogens is 381 g/mol. The van der Waals surface area contributed by atoms with Crippen molar-refractivity contribution in [3.63, 3.8) is 0 Å². The van der Waals surface area contributed by atoms with Crippen LogP contribution in [-0.2, 0) is 15.9 Å². The number of nitrogens with zero attached hydrogens (tertiary/aromatic N) is 1. The van der Waals surface area contributed by atoms with Crippen LogP contribution in [0.2, 0.25) is 10.0 Å². The molecule has 1 aromatic heterocycles. The molecule has 4 nitrogen and oxygen atoms in total. The Hall–Kier alpha value is -1.11. The summed E-state index contributed by atoms with van der Waals surface area (Å²) in [5, 5.41) is 0.694. The predicted octanol–water partition coefficient (Wildman–Crippen LogP) is 5.51. The van der Waals surface area contributed by atoms with Crippen LogP contribution < -0.4 is 0 Å². The second-order valence-electron chi connectivity index (χ2n) is 4.58. The van der Waals surface area contributed by atoms with E-state index in [0.717, 1.165) is 17.5 Å². The van der Waals surface area contributed by atoms with E-state index in [1.165, 1.54) is 0 Å². The summed E-state index contributed by atoms with van der Waals surface area (Å²) in [6, 6.07) is 10.3. The van der Waals surface area contributed by atoms with Gasteiger partial charge in [0.1, 0.15) is 5.69 Å². The number of hydrogen-bond acceptors (Lipinski definition) is 5. The molecule has 136 valence electrons. The van der Waals surface area contributed by atoms with E-state index in [1.54, 1.807) is 44.6 Å². The lowest BCUT2D eigenvalue weighted by Crippen LogP contribution is -2.17. The van der Waals surface area contributed by atoms with Crippen LogP contribution in [0.5, 0.6) is 0 Å². The maximum absolute atomic E-state index is 12.3. The van der Waals surface area contributed by atoms with Gasteiger partial charge in [-0.15, -0.1) is 0 Å². The Labute approximate surface area is 162 Å². The molecular formula is C18H21Cl2NO3S. The third-order valence-corrected chi connectivity index (χ3v) is 4.64. The summed E-state index contributed by atoms with van der Waals surface area (Å²) in [6.45, 7) is 4.00. The van der Waals surface area contributed by atoms with Crippen LogP contribution in [0, 0.1) is 0 Å². The van der Waals surface area contributed by atoms with E-state index in [9.17, 15) is 4.79 Å². The molecule has 0 unspecified atom stereocenters. The first-order valence-electron chi connectivity index (χ1n) is 7.72. The molecule has 0 N–H and O–H groups in total. The van der Waals surface area contributed by atoms with Crippen molar-refractivity contribution in [1.82, 2.24) is 4.98 Å². The smallest absolute Gasteiger partial charge is 0.242 e. The van der Waals surface area contributed by atoms with Crippen molar-refractivity contribution >= 4 is 40.1 Å². The molecule has 1 heterocycles. The Balaban J connectivity index is 0.00000151. The van der Waals surface area contributed by atoms with Gasteiger partial charge in [0, 0.05) is 31.2 Å². The maximum atomic E-state index is 12.3. The first-order valence-corrected chi connectivity index (χ1v) is 9.29. The van der Waals surface area contributed by atoms with Crippen molar-refractivity contribution in [3.8, 4) is 0 Å². The summed E-state index contributed by atoms with van der Waals surface area (Å²) in [6.07, 6.45) is 0.0709. The fourth-order valence-electron chi connectivity index (χ4n) is 1.84. The van der Waals surface area contributed by atoms with Gasteiger partial charge in [0.2, 0.25) is 5.12 Å². The minimum absolute atomic E-state index is 0.170. The van der Waals surface area contributed by atoms with Gasteiger partial charge in [-0.2, -0.15) is 0 Å². The van der Waals surface area contributed by atoms with E-state index in [2.05, 4.69) is 4.98 Å². The number of rotatable bonds is 6. The number of carbonyl (C=O) groups excluding carboxylic acids is 1. The topological polar surface area (TPSA) is 48.4 Å². The van der Waals surface area contributed by atoms with Gasteiger partial charge in [0.25, 0.3) is 0 Å². The highest BCUT2D eigenvalue weighted by Crippen LogP contribution is 2.29. The van der Waals surface area contributed by atoms with Gasteiger partial charge in [-0.3, -0.25) is 4.79 Å². The van der Waals surface area contributed by atoms with E-state index in [4.69, 9.17) is 32.7 Å². The molecule has 0 bridgehead atoms.